The maximum absolute atomic E-state index is 14.9. The molecular weight excluding hydrogens is 432 g/mol. The average molecular weight is 456 g/mol. The van der Waals surface area contributed by atoms with E-state index in [1.807, 2.05) is 0 Å². The van der Waals surface area contributed by atoms with E-state index < -0.39 is 24.6 Å². The van der Waals surface area contributed by atoms with Gasteiger partial charge in [0.15, 0.2) is 5.82 Å². The Kier molecular flexibility index (Phi) is 4.41. The van der Waals surface area contributed by atoms with E-state index in [9.17, 15) is 18.4 Å². The number of halogens is 2. The zero-order chi connectivity index (χ0) is 25.6. The Balaban J connectivity index is 1.27. The van der Waals surface area contributed by atoms with E-state index >= 15 is 0 Å². The van der Waals surface area contributed by atoms with Gasteiger partial charge in [-0.3, -0.25) is 14.5 Å². The van der Waals surface area contributed by atoms with Crippen LogP contribution in [0.2, 0.25) is 0 Å². The Hall–Kier alpha value is -3.86. The second-order valence-corrected chi connectivity index (χ2v) is 7.78. The van der Waals surface area contributed by atoms with Crippen molar-refractivity contribution in [2.75, 3.05) is 38.1 Å². The van der Waals surface area contributed by atoms with E-state index in [4.69, 9.17) is 4.11 Å². The number of rotatable bonds is 4. The normalized spacial score (nSPS) is 16.5. The SMILES string of the molecule is [2H]C([2H])([2H])NC(=O)c1ccc(N2CCN(Cc3cc(F)c4c(c3)[nH]c(=O)c3ccnn34)CC2)c(F)n1. The van der Waals surface area contributed by atoms with Crippen LogP contribution in [0.1, 0.15) is 20.2 Å². The van der Waals surface area contributed by atoms with Gasteiger partial charge in [0.2, 0.25) is 5.95 Å². The van der Waals surface area contributed by atoms with Crippen molar-refractivity contribution in [1.29, 1.82) is 0 Å². The summed E-state index contributed by atoms with van der Waals surface area (Å²) in [5.41, 5.74) is 1.00. The van der Waals surface area contributed by atoms with E-state index in [-0.39, 0.29) is 28.0 Å². The Labute approximate surface area is 190 Å². The van der Waals surface area contributed by atoms with Crippen molar-refractivity contribution < 1.29 is 17.7 Å². The molecule has 5 rings (SSSR count). The molecule has 33 heavy (non-hydrogen) atoms. The zero-order valence-corrected chi connectivity index (χ0v) is 17.3. The van der Waals surface area contributed by atoms with Gasteiger partial charge in [0, 0.05) is 43.8 Å². The molecule has 1 amide bonds. The van der Waals surface area contributed by atoms with Crippen LogP contribution in [0.3, 0.4) is 0 Å². The highest BCUT2D eigenvalue weighted by molar-refractivity contribution is 5.92. The predicted octanol–water partition coefficient (Wildman–Crippen LogP) is 1.53. The van der Waals surface area contributed by atoms with Crippen LogP contribution in [0.15, 0.2) is 41.3 Å². The van der Waals surface area contributed by atoms with Crippen LogP contribution >= 0.6 is 0 Å². The lowest BCUT2D eigenvalue weighted by Crippen LogP contribution is -2.46. The summed E-state index contributed by atoms with van der Waals surface area (Å²) in [6.45, 7) is -0.252. The first-order chi connectivity index (χ1) is 17.1. The van der Waals surface area contributed by atoms with Gasteiger partial charge in [-0.05, 0) is 35.9 Å². The molecule has 1 aromatic carbocycles. The summed E-state index contributed by atoms with van der Waals surface area (Å²) in [6.07, 6.45) is 1.44. The molecule has 0 bridgehead atoms. The monoisotopic (exact) mass is 456 g/mol. The third-order valence-electron chi connectivity index (χ3n) is 5.75. The van der Waals surface area contributed by atoms with E-state index in [2.05, 4.69) is 20.0 Å². The lowest BCUT2D eigenvalue weighted by molar-refractivity contribution is 0.0957. The van der Waals surface area contributed by atoms with Crippen molar-refractivity contribution >= 4 is 28.1 Å². The highest BCUT2D eigenvalue weighted by Crippen LogP contribution is 2.22. The van der Waals surface area contributed by atoms with Gasteiger partial charge in [-0.15, -0.1) is 0 Å². The second kappa shape index (κ2) is 8.24. The van der Waals surface area contributed by atoms with E-state index in [0.717, 1.165) is 0 Å². The van der Waals surface area contributed by atoms with E-state index in [1.165, 1.54) is 35.0 Å². The molecule has 11 heteroatoms. The summed E-state index contributed by atoms with van der Waals surface area (Å²) in [5, 5.41) is 5.82. The summed E-state index contributed by atoms with van der Waals surface area (Å²) in [4.78, 5) is 34.3. The van der Waals surface area contributed by atoms with Crippen LogP contribution < -0.4 is 15.8 Å². The minimum Gasteiger partial charge on any atom is -0.365 e. The Morgan fingerprint density at radius 1 is 1.21 bits per heavy atom. The highest BCUT2D eigenvalue weighted by Gasteiger charge is 2.22. The molecule has 4 aromatic rings. The van der Waals surface area contributed by atoms with Gasteiger partial charge in [0.05, 0.1) is 17.4 Å². The van der Waals surface area contributed by atoms with Crippen LogP contribution in [-0.4, -0.2) is 63.5 Å². The van der Waals surface area contributed by atoms with Crippen molar-refractivity contribution in [2.45, 2.75) is 6.54 Å². The molecule has 0 aliphatic carbocycles. The van der Waals surface area contributed by atoms with Crippen LogP contribution in [-0.2, 0) is 6.54 Å². The number of amides is 1. The second-order valence-electron chi connectivity index (χ2n) is 7.78. The smallest absolute Gasteiger partial charge is 0.274 e. The summed E-state index contributed by atoms with van der Waals surface area (Å²) >= 11 is 0. The highest BCUT2D eigenvalue weighted by atomic mass is 19.1. The molecule has 1 fully saturated rings. The van der Waals surface area contributed by atoms with Gasteiger partial charge >= 0.3 is 0 Å². The van der Waals surface area contributed by atoms with Crippen LogP contribution in [0, 0.1) is 11.8 Å². The average Bonchev–Trinajstić information content (AvgIpc) is 3.29. The molecule has 0 atom stereocenters. The molecule has 3 aromatic heterocycles. The first-order valence-corrected chi connectivity index (χ1v) is 10.2. The number of pyridine rings is 1. The number of anilines is 1. The molecule has 9 nitrogen and oxygen atoms in total. The quantitative estimate of drug-likeness (QED) is 0.452. The molecule has 0 radical (unpaired) electrons. The lowest BCUT2D eigenvalue weighted by atomic mass is 10.1. The zero-order valence-electron chi connectivity index (χ0n) is 20.3. The number of aromatic amines is 1. The number of aromatic nitrogens is 4. The molecule has 170 valence electrons. The number of hydrogen-bond acceptors (Lipinski definition) is 6. The van der Waals surface area contributed by atoms with Crippen molar-refractivity contribution in [3.8, 4) is 0 Å². The fourth-order valence-corrected chi connectivity index (χ4v) is 4.16. The minimum atomic E-state index is -2.70. The van der Waals surface area contributed by atoms with Gasteiger partial charge < -0.3 is 15.2 Å². The van der Waals surface area contributed by atoms with Crippen LogP contribution in [0.5, 0.6) is 0 Å². The summed E-state index contributed by atoms with van der Waals surface area (Å²) in [5.74, 6) is -2.35. The molecule has 4 heterocycles. The van der Waals surface area contributed by atoms with Crippen molar-refractivity contribution in [1.82, 2.24) is 29.8 Å². The first kappa shape index (κ1) is 17.7. The number of fused-ring (bicyclic) bond motifs is 3. The maximum atomic E-state index is 14.9. The molecular formula is C22H21F2N7O2. The van der Waals surface area contributed by atoms with Gasteiger partial charge in [0.1, 0.15) is 16.7 Å². The van der Waals surface area contributed by atoms with Gasteiger partial charge in [-0.25, -0.2) is 13.9 Å². The molecule has 1 saturated heterocycles. The number of piperazine rings is 1. The number of nitrogens with zero attached hydrogens (tertiary/aromatic N) is 5. The number of carbonyl (C=O) groups is 1. The van der Waals surface area contributed by atoms with Crippen molar-refractivity contribution in [3.05, 3.63) is 69.9 Å². The maximum Gasteiger partial charge on any atom is 0.274 e. The minimum absolute atomic E-state index is 0.196. The molecule has 2 N–H and O–H groups in total. The predicted molar refractivity (Wildman–Crippen MR) is 118 cm³/mol. The van der Waals surface area contributed by atoms with Crippen molar-refractivity contribution in [2.24, 2.45) is 0 Å². The molecule has 0 spiro atoms. The van der Waals surface area contributed by atoms with Gasteiger partial charge in [-0.2, -0.15) is 9.49 Å². The molecule has 0 saturated carbocycles. The fourth-order valence-electron chi connectivity index (χ4n) is 4.16. The molecule has 1 aliphatic rings. The third-order valence-corrected chi connectivity index (χ3v) is 5.75. The number of benzene rings is 1. The number of carbonyl (C=O) groups excluding carboxylic acids is 1. The van der Waals surface area contributed by atoms with E-state index in [1.54, 1.807) is 16.3 Å². The standard InChI is InChI=1S/C22H21F2N7O2/c1-25-21(32)15-2-3-17(20(24)27-15)30-8-6-29(7-9-30)12-13-10-14(23)19-16(11-13)28-22(33)18-4-5-26-31(18)19/h2-5,10-11H,6-9,12H2,1H3,(H,25,32)(H,28,33)/i1D3. The largest absolute Gasteiger partial charge is 0.365 e. The first-order valence-electron chi connectivity index (χ1n) is 11.7. The number of hydrogen-bond donors (Lipinski definition) is 2. The van der Waals surface area contributed by atoms with Gasteiger partial charge in [-0.1, -0.05) is 0 Å². The molecule has 0 unspecified atom stereocenters. The Morgan fingerprint density at radius 3 is 2.79 bits per heavy atom. The van der Waals surface area contributed by atoms with Crippen LogP contribution in [0.4, 0.5) is 14.5 Å². The summed E-state index contributed by atoms with van der Waals surface area (Å²) in [6, 6.07) is 7.34. The third kappa shape index (κ3) is 3.80. The number of nitrogens with one attached hydrogen (secondary N) is 2. The topological polar surface area (TPSA) is 98.6 Å². The molecule has 1 aliphatic heterocycles. The summed E-state index contributed by atoms with van der Waals surface area (Å²) in [7, 11) is 0. The van der Waals surface area contributed by atoms with E-state index in [0.29, 0.717) is 43.8 Å². The van der Waals surface area contributed by atoms with Gasteiger partial charge in [0.25, 0.3) is 11.5 Å². The Morgan fingerprint density at radius 2 is 2.03 bits per heavy atom. The number of H-pyrrole nitrogens is 1. The summed E-state index contributed by atoms with van der Waals surface area (Å²) < 4.78 is 52.1. The Bertz CT molecular complexity index is 1530. The fraction of sp³-hybridized carbons (Fsp3) is 0.273. The van der Waals surface area contributed by atoms with Crippen LogP contribution in [0.25, 0.3) is 16.6 Å². The lowest BCUT2D eigenvalue weighted by Gasteiger charge is -2.36. The van der Waals surface area contributed by atoms with Crippen molar-refractivity contribution in [3.63, 3.8) is 0 Å².